The summed E-state index contributed by atoms with van der Waals surface area (Å²) in [4.78, 5) is 11.9. The first-order chi connectivity index (χ1) is 6.65. The van der Waals surface area contributed by atoms with Crippen molar-refractivity contribution in [3.8, 4) is 0 Å². The summed E-state index contributed by atoms with van der Waals surface area (Å²) in [5, 5.41) is 3.29. The van der Waals surface area contributed by atoms with Crippen molar-refractivity contribution in [1.29, 1.82) is 0 Å². The van der Waals surface area contributed by atoms with E-state index in [0.717, 1.165) is 19.5 Å². The van der Waals surface area contributed by atoms with Crippen LogP contribution in [0.15, 0.2) is 0 Å². The van der Waals surface area contributed by atoms with E-state index in [2.05, 4.69) is 26.1 Å². The van der Waals surface area contributed by atoms with Crippen LogP contribution in [0.1, 0.15) is 40.0 Å². The van der Waals surface area contributed by atoms with E-state index in [1.807, 2.05) is 0 Å². The maximum Gasteiger partial charge on any atom is 0.137 e. The Labute approximate surface area is 87.5 Å². The third-order valence-electron chi connectivity index (χ3n) is 3.26. The van der Waals surface area contributed by atoms with Gasteiger partial charge in [0.1, 0.15) is 5.78 Å². The SMILES string of the molecule is CCCC(C)CC(=O)C1CNCC1C. The second-order valence-electron chi connectivity index (χ2n) is 4.81. The molecule has 0 amide bonds. The van der Waals surface area contributed by atoms with E-state index >= 15 is 0 Å². The average molecular weight is 197 g/mol. The van der Waals surface area contributed by atoms with Gasteiger partial charge in [0, 0.05) is 18.9 Å². The molecule has 0 aromatic heterocycles. The van der Waals surface area contributed by atoms with E-state index in [-0.39, 0.29) is 5.92 Å². The van der Waals surface area contributed by atoms with Crippen molar-refractivity contribution in [2.75, 3.05) is 13.1 Å². The molecule has 1 N–H and O–H groups in total. The molecule has 0 aliphatic carbocycles. The van der Waals surface area contributed by atoms with Crippen LogP contribution < -0.4 is 5.32 Å². The Bertz CT molecular complexity index is 191. The number of hydrogen-bond acceptors (Lipinski definition) is 2. The van der Waals surface area contributed by atoms with Gasteiger partial charge in [0.2, 0.25) is 0 Å². The van der Waals surface area contributed by atoms with Gasteiger partial charge in [0.25, 0.3) is 0 Å². The molecule has 0 saturated carbocycles. The van der Waals surface area contributed by atoms with Gasteiger partial charge in [-0.15, -0.1) is 0 Å². The minimum atomic E-state index is 0.286. The molecule has 0 spiro atoms. The molecule has 1 aliphatic heterocycles. The van der Waals surface area contributed by atoms with Crippen LogP contribution in [-0.4, -0.2) is 18.9 Å². The minimum Gasteiger partial charge on any atom is -0.316 e. The van der Waals surface area contributed by atoms with Gasteiger partial charge >= 0.3 is 0 Å². The highest BCUT2D eigenvalue weighted by atomic mass is 16.1. The van der Waals surface area contributed by atoms with Crippen LogP contribution in [0.3, 0.4) is 0 Å². The smallest absolute Gasteiger partial charge is 0.137 e. The van der Waals surface area contributed by atoms with Crippen LogP contribution in [0.5, 0.6) is 0 Å². The van der Waals surface area contributed by atoms with Gasteiger partial charge in [-0.05, 0) is 18.4 Å². The van der Waals surface area contributed by atoms with Crippen LogP contribution in [-0.2, 0) is 4.79 Å². The molecule has 0 radical (unpaired) electrons. The molecule has 1 rings (SSSR count). The van der Waals surface area contributed by atoms with E-state index in [9.17, 15) is 4.79 Å². The molecule has 1 fully saturated rings. The highest BCUT2D eigenvalue weighted by molar-refractivity contribution is 5.82. The van der Waals surface area contributed by atoms with Crippen molar-refractivity contribution in [3.05, 3.63) is 0 Å². The zero-order valence-corrected chi connectivity index (χ0v) is 9.68. The van der Waals surface area contributed by atoms with E-state index in [1.165, 1.54) is 12.8 Å². The Balaban J connectivity index is 2.33. The zero-order valence-electron chi connectivity index (χ0n) is 9.68. The lowest BCUT2D eigenvalue weighted by atomic mass is 9.87. The van der Waals surface area contributed by atoms with Crippen molar-refractivity contribution in [3.63, 3.8) is 0 Å². The first-order valence-electron chi connectivity index (χ1n) is 5.88. The number of nitrogens with one attached hydrogen (secondary N) is 1. The van der Waals surface area contributed by atoms with Crippen molar-refractivity contribution < 1.29 is 4.79 Å². The van der Waals surface area contributed by atoms with E-state index in [0.29, 0.717) is 17.6 Å². The first kappa shape index (κ1) is 11.7. The van der Waals surface area contributed by atoms with Crippen LogP contribution >= 0.6 is 0 Å². The molecule has 2 nitrogen and oxygen atoms in total. The summed E-state index contributed by atoms with van der Waals surface area (Å²) in [6.07, 6.45) is 3.15. The second kappa shape index (κ2) is 5.50. The van der Waals surface area contributed by atoms with Crippen LogP contribution in [0.4, 0.5) is 0 Å². The number of hydrogen-bond donors (Lipinski definition) is 1. The topological polar surface area (TPSA) is 29.1 Å². The molecule has 2 heteroatoms. The van der Waals surface area contributed by atoms with Gasteiger partial charge in [0.05, 0.1) is 0 Å². The lowest BCUT2D eigenvalue weighted by Crippen LogP contribution is -2.23. The van der Waals surface area contributed by atoms with E-state index in [4.69, 9.17) is 0 Å². The van der Waals surface area contributed by atoms with Crippen molar-refractivity contribution >= 4 is 5.78 Å². The zero-order chi connectivity index (χ0) is 10.6. The summed E-state index contributed by atoms with van der Waals surface area (Å²) in [5.41, 5.74) is 0. The predicted octanol–water partition coefficient (Wildman–Crippen LogP) is 2.24. The summed E-state index contributed by atoms with van der Waals surface area (Å²) in [6.45, 7) is 8.46. The van der Waals surface area contributed by atoms with Crippen molar-refractivity contribution in [2.24, 2.45) is 17.8 Å². The summed E-state index contributed by atoms with van der Waals surface area (Å²) >= 11 is 0. The quantitative estimate of drug-likeness (QED) is 0.732. The molecular formula is C12H23NO. The molecule has 0 aromatic rings. The van der Waals surface area contributed by atoms with Crippen LogP contribution in [0.2, 0.25) is 0 Å². The lowest BCUT2D eigenvalue weighted by Gasteiger charge is -2.15. The predicted molar refractivity (Wildman–Crippen MR) is 59.2 cm³/mol. The van der Waals surface area contributed by atoms with Crippen LogP contribution in [0.25, 0.3) is 0 Å². The molecule has 1 aliphatic rings. The monoisotopic (exact) mass is 197 g/mol. The molecule has 3 atom stereocenters. The Hall–Kier alpha value is -0.370. The van der Waals surface area contributed by atoms with E-state index in [1.54, 1.807) is 0 Å². The highest BCUT2D eigenvalue weighted by Gasteiger charge is 2.29. The molecule has 3 unspecified atom stereocenters. The standard InChI is InChI=1S/C12H23NO/c1-4-5-9(2)6-12(14)11-8-13-7-10(11)3/h9-11,13H,4-8H2,1-3H3. The normalized spacial score (nSPS) is 29.1. The Morgan fingerprint density at radius 3 is 2.71 bits per heavy atom. The average Bonchev–Trinajstić information content (AvgIpc) is 2.51. The van der Waals surface area contributed by atoms with Gasteiger partial charge in [-0.1, -0.05) is 33.6 Å². The second-order valence-corrected chi connectivity index (χ2v) is 4.81. The number of Topliss-reactive ketones (excluding diaryl/α,β-unsaturated/α-hetero) is 1. The largest absolute Gasteiger partial charge is 0.316 e. The van der Waals surface area contributed by atoms with Crippen molar-refractivity contribution in [2.45, 2.75) is 40.0 Å². The summed E-state index contributed by atoms with van der Waals surface area (Å²) in [5.74, 6) is 1.87. The molecule has 1 saturated heterocycles. The van der Waals surface area contributed by atoms with Crippen molar-refractivity contribution in [1.82, 2.24) is 5.32 Å². The molecule has 0 bridgehead atoms. The van der Waals surface area contributed by atoms with Gasteiger partial charge in [-0.2, -0.15) is 0 Å². The highest BCUT2D eigenvalue weighted by Crippen LogP contribution is 2.21. The van der Waals surface area contributed by atoms with Gasteiger partial charge in [-0.25, -0.2) is 0 Å². The molecular weight excluding hydrogens is 174 g/mol. The maximum atomic E-state index is 11.9. The fourth-order valence-corrected chi connectivity index (χ4v) is 2.33. The van der Waals surface area contributed by atoms with Gasteiger partial charge < -0.3 is 5.32 Å². The van der Waals surface area contributed by atoms with Crippen LogP contribution in [0, 0.1) is 17.8 Å². The molecule has 14 heavy (non-hydrogen) atoms. The summed E-state index contributed by atoms with van der Waals surface area (Å²) in [6, 6.07) is 0. The maximum absolute atomic E-state index is 11.9. The molecule has 82 valence electrons. The number of rotatable bonds is 5. The summed E-state index contributed by atoms with van der Waals surface area (Å²) < 4.78 is 0. The number of ketones is 1. The molecule has 1 heterocycles. The van der Waals surface area contributed by atoms with Gasteiger partial charge in [-0.3, -0.25) is 4.79 Å². The van der Waals surface area contributed by atoms with Gasteiger partial charge in [0.15, 0.2) is 0 Å². The Kier molecular flexibility index (Phi) is 4.59. The van der Waals surface area contributed by atoms with E-state index < -0.39 is 0 Å². The fraction of sp³-hybridized carbons (Fsp3) is 0.917. The Morgan fingerprint density at radius 2 is 2.21 bits per heavy atom. The first-order valence-corrected chi connectivity index (χ1v) is 5.88. The summed E-state index contributed by atoms with van der Waals surface area (Å²) in [7, 11) is 0. The third-order valence-corrected chi connectivity index (χ3v) is 3.26. The number of carbonyl (C=O) groups excluding carboxylic acids is 1. The minimum absolute atomic E-state index is 0.286. The lowest BCUT2D eigenvalue weighted by molar-refractivity contribution is -0.124. The third kappa shape index (κ3) is 3.09. The Morgan fingerprint density at radius 1 is 1.50 bits per heavy atom. The fourth-order valence-electron chi connectivity index (χ4n) is 2.33. The number of carbonyl (C=O) groups is 1. The molecule has 0 aromatic carbocycles.